The van der Waals surface area contributed by atoms with Gasteiger partial charge in [-0.2, -0.15) is 0 Å². The summed E-state index contributed by atoms with van der Waals surface area (Å²) < 4.78 is 0. The summed E-state index contributed by atoms with van der Waals surface area (Å²) in [5.41, 5.74) is 5.21. The van der Waals surface area contributed by atoms with Gasteiger partial charge in [0.25, 0.3) is 0 Å². The first kappa shape index (κ1) is 13.0. The molecule has 0 unspecified atom stereocenters. The molecule has 1 aliphatic heterocycles. The fraction of sp³-hybridized carbons (Fsp3) is 0.263. The van der Waals surface area contributed by atoms with Gasteiger partial charge in [0.2, 0.25) is 0 Å². The van der Waals surface area contributed by atoms with Crippen LogP contribution in [0, 0.1) is 12.8 Å². The Morgan fingerprint density at radius 1 is 1.10 bits per heavy atom. The third-order valence-electron chi connectivity index (χ3n) is 4.76. The molecule has 1 nitrogen and oxygen atoms in total. The van der Waals surface area contributed by atoms with E-state index in [0.717, 1.165) is 11.4 Å². The van der Waals surface area contributed by atoms with E-state index in [-0.39, 0.29) is 6.04 Å². The summed E-state index contributed by atoms with van der Waals surface area (Å²) in [6.07, 6.45) is 5.80. The lowest BCUT2D eigenvalue weighted by atomic mass is 9.76. The molecule has 0 saturated carbocycles. The molecule has 0 spiro atoms. The van der Waals surface area contributed by atoms with Crippen molar-refractivity contribution in [1.82, 2.24) is 0 Å². The number of hydrogen-bond donors (Lipinski definition) is 1. The SMILES string of the molecule is Cc1ccc2c(c1)[C@@H]1C=CC[C@@H]1[C@@H](c1ccccc1Cl)N2. The second kappa shape index (κ2) is 4.92. The molecule has 2 aromatic carbocycles. The number of benzene rings is 2. The van der Waals surface area contributed by atoms with Gasteiger partial charge in [0.15, 0.2) is 0 Å². The van der Waals surface area contributed by atoms with Gasteiger partial charge in [-0.25, -0.2) is 0 Å². The summed E-state index contributed by atoms with van der Waals surface area (Å²) in [7, 11) is 0. The molecule has 0 fully saturated rings. The zero-order valence-electron chi connectivity index (χ0n) is 12.0. The molecule has 21 heavy (non-hydrogen) atoms. The van der Waals surface area contributed by atoms with Gasteiger partial charge in [0.1, 0.15) is 0 Å². The number of anilines is 1. The van der Waals surface area contributed by atoms with Gasteiger partial charge in [0.05, 0.1) is 6.04 Å². The third-order valence-corrected chi connectivity index (χ3v) is 5.10. The van der Waals surface area contributed by atoms with Gasteiger partial charge < -0.3 is 5.32 Å². The predicted octanol–water partition coefficient (Wildman–Crippen LogP) is 5.47. The van der Waals surface area contributed by atoms with E-state index in [1.165, 1.54) is 22.4 Å². The highest BCUT2D eigenvalue weighted by Crippen LogP contribution is 2.50. The van der Waals surface area contributed by atoms with E-state index < -0.39 is 0 Å². The van der Waals surface area contributed by atoms with E-state index in [1.807, 2.05) is 12.1 Å². The normalized spacial score (nSPS) is 26.1. The van der Waals surface area contributed by atoms with Crippen LogP contribution in [0.15, 0.2) is 54.6 Å². The van der Waals surface area contributed by atoms with Crippen molar-refractivity contribution in [3.05, 3.63) is 76.3 Å². The van der Waals surface area contributed by atoms with Crippen LogP contribution in [-0.4, -0.2) is 0 Å². The first-order valence-electron chi connectivity index (χ1n) is 7.52. The monoisotopic (exact) mass is 295 g/mol. The Morgan fingerprint density at radius 2 is 1.95 bits per heavy atom. The molecule has 0 saturated heterocycles. The van der Waals surface area contributed by atoms with Gasteiger partial charge in [-0.05, 0) is 42.5 Å². The van der Waals surface area contributed by atoms with E-state index in [0.29, 0.717) is 11.8 Å². The number of fused-ring (bicyclic) bond motifs is 3. The minimum Gasteiger partial charge on any atom is -0.378 e. The quantitative estimate of drug-likeness (QED) is 0.687. The molecule has 3 atom stereocenters. The fourth-order valence-electron chi connectivity index (χ4n) is 3.75. The van der Waals surface area contributed by atoms with Crippen molar-refractivity contribution < 1.29 is 0 Å². The van der Waals surface area contributed by atoms with E-state index >= 15 is 0 Å². The lowest BCUT2D eigenvalue weighted by Crippen LogP contribution is -2.29. The maximum Gasteiger partial charge on any atom is 0.0568 e. The summed E-state index contributed by atoms with van der Waals surface area (Å²) in [5.74, 6) is 1.06. The molecular formula is C19H18ClN. The molecule has 2 heteroatoms. The van der Waals surface area contributed by atoms with Crippen LogP contribution in [0.25, 0.3) is 0 Å². The largest absolute Gasteiger partial charge is 0.378 e. The Morgan fingerprint density at radius 3 is 2.81 bits per heavy atom. The highest BCUT2D eigenvalue weighted by molar-refractivity contribution is 6.31. The van der Waals surface area contributed by atoms with Crippen LogP contribution in [-0.2, 0) is 0 Å². The topological polar surface area (TPSA) is 12.0 Å². The Bertz CT molecular complexity index is 719. The molecule has 0 radical (unpaired) electrons. The molecule has 0 bridgehead atoms. The highest BCUT2D eigenvalue weighted by Gasteiger charge is 2.38. The molecule has 4 rings (SSSR count). The smallest absolute Gasteiger partial charge is 0.0568 e. The Kier molecular flexibility index (Phi) is 3.04. The van der Waals surface area contributed by atoms with Crippen LogP contribution in [0.1, 0.15) is 35.1 Å². The summed E-state index contributed by atoms with van der Waals surface area (Å²) in [6.45, 7) is 2.16. The molecular weight excluding hydrogens is 278 g/mol. The number of hydrogen-bond acceptors (Lipinski definition) is 1. The molecule has 2 aromatic rings. The number of nitrogens with one attached hydrogen (secondary N) is 1. The van der Waals surface area contributed by atoms with E-state index in [9.17, 15) is 0 Å². The lowest BCUT2D eigenvalue weighted by Gasteiger charge is -2.38. The summed E-state index contributed by atoms with van der Waals surface area (Å²) in [6, 6.07) is 15.2. The molecule has 106 valence electrons. The van der Waals surface area contributed by atoms with Crippen molar-refractivity contribution in [3.8, 4) is 0 Å². The van der Waals surface area contributed by atoms with Gasteiger partial charge in [0, 0.05) is 16.6 Å². The van der Waals surface area contributed by atoms with Crippen LogP contribution >= 0.6 is 11.6 Å². The number of halogens is 1. The average Bonchev–Trinajstić information content (AvgIpc) is 2.97. The third kappa shape index (κ3) is 2.08. The van der Waals surface area contributed by atoms with Gasteiger partial charge in [-0.3, -0.25) is 0 Å². The van der Waals surface area contributed by atoms with Crippen molar-refractivity contribution in [2.75, 3.05) is 5.32 Å². The average molecular weight is 296 g/mol. The Balaban J connectivity index is 1.82. The van der Waals surface area contributed by atoms with Crippen molar-refractivity contribution in [3.63, 3.8) is 0 Å². The maximum absolute atomic E-state index is 6.44. The predicted molar refractivity (Wildman–Crippen MR) is 89.0 cm³/mol. The molecule has 0 aromatic heterocycles. The van der Waals surface area contributed by atoms with Gasteiger partial charge in [-0.15, -0.1) is 0 Å². The van der Waals surface area contributed by atoms with Crippen LogP contribution in [0.4, 0.5) is 5.69 Å². The summed E-state index contributed by atoms with van der Waals surface area (Å²) in [4.78, 5) is 0. The van der Waals surface area contributed by atoms with E-state index in [2.05, 4.69) is 54.7 Å². The van der Waals surface area contributed by atoms with Crippen LogP contribution in [0.2, 0.25) is 5.02 Å². The number of allylic oxidation sites excluding steroid dienone is 2. The Hall–Kier alpha value is -1.73. The maximum atomic E-state index is 6.44. The Labute approximate surface area is 130 Å². The number of aryl methyl sites for hydroxylation is 1. The van der Waals surface area contributed by atoms with Crippen molar-refractivity contribution in [1.29, 1.82) is 0 Å². The van der Waals surface area contributed by atoms with E-state index in [4.69, 9.17) is 11.6 Å². The van der Waals surface area contributed by atoms with E-state index in [1.54, 1.807) is 0 Å². The highest BCUT2D eigenvalue weighted by atomic mass is 35.5. The molecule has 1 aliphatic carbocycles. The van der Waals surface area contributed by atoms with Crippen LogP contribution in [0.5, 0.6) is 0 Å². The molecule has 1 N–H and O–H groups in total. The second-order valence-electron chi connectivity index (χ2n) is 6.09. The fourth-order valence-corrected chi connectivity index (χ4v) is 4.00. The summed E-state index contributed by atoms with van der Waals surface area (Å²) >= 11 is 6.44. The molecule has 2 aliphatic rings. The first-order chi connectivity index (χ1) is 10.2. The second-order valence-corrected chi connectivity index (χ2v) is 6.49. The van der Waals surface area contributed by atoms with Crippen LogP contribution < -0.4 is 5.32 Å². The lowest BCUT2D eigenvalue weighted by molar-refractivity contribution is 0.425. The minimum atomic E-state index is 0.286. The van der Waals surface area contributed by atoms with Crippen LogP contribution in [0.3, 0.4) is 0 Å². The van der Waals surface area contributed by atoms with Crippen molar-refractivity contribution >= 4 is 17.3 Å². The molecule has 0 amide bonds. The van der Waals surface area contributed by atoms with Gasteiger partial charge in [-0.1, -0.05) is 59.6 Å². The summed E-state index contributed by atoms with van der Waals surface area (Å²) in [5, 5.41) is 4.59. The zero-order chi connectivity index (χ0) is 14.4. The zero-order valence-corrected chi connectivity index (χ0v) is 12.8. The minimum absolute atomic E-state index is 0.286. The van der Waals surface area contributed by atoms with Gasteiger partial charge >= 0.3 is 0 Å². The first-order valence-corrected chi connectivity index (χ1v) is 7.90. The van der Waals surface area contributed by atoms with Crippen molar-refractivity contribution in [2.45, 2.75) is 25.3 Å². The number of rotatable bonds is 1. The molecule has 1 heterocycles. The standard InChI is InChI=1S/C19H18ClN/c1-12-9-10-18-16(11-12)13-6-4-7-14(13)19(21-18)15-5-2-3-8-17(15)20/h2-6,8-11,13-14,19,21H,7H2,1H3/t13-,14+,19+/m1/s1. The van der Waals surface area contributed by atoms with Crippen molar-refractivity contribution in [2.24, 2.45) is 5.92 Å².